The second kappa shape index (κ2) is 6.30. The zero-order valence-electron chi connectivity index (χ0n) is 11.1. The predicted octanol–water partition coefficient (Wildman–Crippen LogP) is 5.16. The summed E-state index contributed by atoms with van der Waals surface area (Å²) in [7, 11) is 0. The van der Waals surface area contributed by atoms with Crippen LogP contribution in [-0.2, 0) is 4.79 Å². The maximum atomic E-state index is 11.8. The summed E-state index contributed by atoms with van der Waals surface area (Å²) < 4.78 is 0. The van der Waals surface area contributed by atoms with E-state index in [1.165, 1.54) is 0 Å². The minimum atomic E-state index is 0.0312. The fourth-order valence-electron chi connectivity index (χ4n) is 2.38. The summed E-state index contributed by atoms with van der Waals surface area (Å²) in [6, 6.07) is 13.3. The average Bonchev–Trinajstić information content (AvgIpc) is 2.45. The molecule has 2 nitrogen and oxygen atoms in total. The van der Waals surface area contributed by atoms with Crippen molar-refractivity contribution in [3.05, 3.63) is 63.6 Å². The minimum Gasteiger partial charge on any atom is -0.326 e. The van der Waals surface area contributed by atoms with Gasteiger partial charge in [-0.25, -0.2) is 0 Å². The zero-order valence-corrected chi connectivity index (χ0v) is 13.4. The average molecular weight is 338 g/mol. The van der Waals surface area contributed by atoms with Crippen LogP contribution in [-0.4, -0.2) is 11.7 Å². The second-order valence-electron chi connectivity index (χ2n) is 4.80. The first-order chi connectivity index (χ1) is 10.1. The highest BCUT2D eigenvalue weighted by atomic mass is 35.5. The van der Waals surface area contributed by atoms with Crippen molar-refractivity contribution in [1.82, 2.24) is 0 Å². The number of carbonyl (C=O) groups is 1. The summed E-state index contributed by atoms with van der Waals surface area (Å²) in [5.41, 5.74) is 2.85. The Morgan fingerprint density at radius 1 is 1.10 bits per heavy atom. The Labute approximate surface area is 137 Å². The normalized spacial score (nSPS) is 18.4. The number of fused-ring (bicyclic) bond motifs is 1. The van der Waals surface area contributed by atoms with Gasteiger partial charge < -0.3 is 5.32 Å². The van der Waals surface area contributed by atoms with Crippen LogP contribution < -0.4 is 5.32 Å². The molecule has 0 spiro atoms. The first-order valence-corrected chi connectivity index (χ1v) is 8.41. The van der Waals surface area contributed by atoms with E-state index in [2.05, 4.69) is 5.32 Å². The summed E-state index contributed by atoms with van der Waals surface area (Å²) in [5.74, 6) is 0.775. The molecule has 1 aliphatic heterocycles. The number of carbonyl (C=O) groups excluding carboxylic acids is 1. The highest BCUT2D eigenvalue weighted by Gasteiger charge is 2.24. The summed E-state index contributed by atoms with van der Waals surface area (Å²) in [4.78, 5) is 11.8. The lowest BCUT2D eigenvalue weighted by Crippen LogP contribution is -2.17. The lowest BCUT2D eigenvalue weighted by molar-refractivity contribution is -0.115. The van der Waals surface area contributed by atoms with Gasteiger partial charge in [0, 0.05) is 27.9 Å². The van der Waals surface area contributed by atoms with Crippen LogP contribution in [0.2, 0.25) is 10.0 Å². The Hall–Kier alpha value is -1.16. The standard InChI is InChI=1S/C16H13Cl2NOS/c17-10-5-6-14-12(9-10)16(21-8-7-15(20)19-14)11-3-1-2-4-13(11)18/h1-6,9,16H,7-8H2,(H,19,20). The molecule has 0 saturated heterocycles. The third kappa shape index (κ3) is 3.20. The van der Waals surface area contributed by atoms with Crippen LogP contribution in [0, 0.1) is 0 Å². The van der Waals surface area contributed by atoms with Gasteiger partial charge in [-0.1, -0.05) is 41.4 Å². The van der Waals surface area contributed by atoms with E-state index < -0.39 is 0 Å². The van der Waals surface area contributed by atoms with Crippen molar-refractivity contribution >= 4 is 46.6 Å². The Morgan fingerprint density at radius 2 is 1.90 bits per heavy atom. The van der Waals surface area contributed by atoms with E-state index in [4.69, 9.17) is 23.2 Å². The summed E-state index contributed by atoms with van der Waals surface area (Å²) in [6.45, 7) is 0. The Bertz CT molecular complexity index is 690. The third-order valence-electron chi connectivity index (χ3n) is 3.37. The van der Waals surface area contributed by atoms with Crippen LogP contribution >= 0.6 is 35.0 Å². The fraction of sp³-hybridized carbons (Fsp3) is 0.188. The number of anilines is 1. The molecule has 1 amide bonds. The molecular formula is C16H13Cl2NOS. The number of thioether (sulfide) groups is 1. The third-order valence-corrected chi connectivity index (χ3v) is 5.23. The molecule has 0 radical (unpaired) electrons. The van der Waals surface area contributed by atoms with Crippen LogP contribution in [0.15, 0.2) is 42.5 Å². The van der Waals surface area contributed by atoms with E-state index in [9.17, 15) is 4.79 Å². The molecule has 108 valence electrons. The monoisotopic (exact) mass is 337 g/mol. The number of hydrogen-bond acceptors (Lipinski definition) is 2. The number of benzene rings is 2. The van der Waals surface area contributed by atoms with Gasteiger partial charge in [-0.2, -0.15) is 0 Å². The van der Waals surface area contributed by atoms with Crippen molar-refractivity contribution < 1.29 is 4.79 Å². The van der Waals surface area contributed by atoms with E-state index in [0.29, 0.717) is 11.4 Å². The molecule has 1 N–H and O–H groups in total. The maximum Gasteiger partial charge on any atom is 0.225 e. The molecule has 0 fully saturated rings. The Morgan fingerprint density at radius 3 is 2.71 bits per heavy atom. The Balaban J connectivity index is 2.13. The smallest absolute Gasteiger partial charge is 0.225 e. The van der Waals surface area contributed by atoms with Gasteiger partial charge in [-0.3, -0.25) is 4.79 Å². The van der Waals surface area contributed by atoms with Crippen molar-refractivity contribution in [3.8, 4) is 0 Å². The number of amides is 1. The van der Waals surface area contributed by atoms with Gasteiger partial charge in [-0.05, 0) is 35.4 Å². The number of halogens is 2. The Kier molecular flexibility index (Phi) is 4.43. The fourth-order valence-corrected chi connectivity index (χ4v) is 4.17. The first kappa shape index (κ1) is 14.8. The predicted molar refractivity (Wildman–Crippen MR) is 90.5 cm³/mol. The molecule has 0 aliphatic carbocycles. The molecule has 1 unspecified atom stereocenters. The summed E-state index contributed by atoms with van der Waals surface area (Å²) in [6.07, 6.45) is 0.494. The molecule has 0 saturated carbocycles. The molecule has 1 aliphatic rings. The van der Waals surface area contributed by atoms with Crippen molar-refractivity contribution in [3.63, 3.8) is 0 Å². The molecular weight excluding hydrogens is 325 g/mol. The minimum absolute atomic E-state index is 0.0312. The van der Waals surface area contributed by atoms with Crippen molar-refractivity contribution in [2.75, 3.05) is 11.1 Å². The molecule has 5 heteroatoms. The van der Waals surface area contributed by atoms with Gasteiger partial charge in [0.05, 0.1) is 5.25 Å². The summed E-state index contributed by atoms with van der Waals surface area (Å²) in [5, 5.41) is 4.40. The van der Waals surface area contributed by atoms with E-state index in [-0.39, 0.29) is 11.2 Å². The molecule has 21 heavy (non-hydrogen) atoms. The van der Waals surface area contributed by atoms with Gasteiger partial charge in [0.1, 0.15) is 0 Å². The van der Waals surface area contributed by atoms with Gasteiger partial charge in [0.2, 0.25) is 5.91 Å². The molecule has 0 bridgehead atoms. The topological polar surface area (TPSA) is 29.1 Å². The number of nitrogens with one attached hydrogen (secondary N) is 1. The second-order valence-corrected chi connectivity index (χ2v) is 6.86. The highest BCUT2D eigenvalue weighted by molar-refractivity contribution is 7.99. The van der Waals surface area contributed by atoms with Crippen molar-refractivity contribution in [2.24, 2.45) is 0 Å². The van der Waals surface area contributed by atoms with Gasteiger partial charge in [-0.15, -0.1) is 11.8 Å². The lowest BCUT2D eigenvalue weighted by atomic mass is 10.0. The van der Waals surface area contributed by atoms with Crippen LogP contribution in [0.25, 0.3) is 0 Å². The van der Waals surface area contributed by atoms with E-state index >= 15 is 0 Å². The summed E-state index contributed by atoms with van der Waals surface area (Å²) >= 11 is 14.2. The quantitative estimate of drug-likeness (QED) is 0.778. The molecule has 3 rings (SSSR count). The van der Waals surface area contributed by atoms with Crippen molar-refractivity contribution in [2.45, 2.75) is 11.7 Å². The molecule has 2 aromatic rings. The van der Waals surface area contributed by atoms with Crippen LogP contribution in [0.1, 0.15) is 22.8 Å². The van der Waals surface area contributed by atoms with Gasteiger partial charge >= 0.3 is 0 Å². The van der Waals surface area contributed by atoms with E-state index in [1.54, 1.807) is 17.8 Å². The van der Waals surface area contributed by atoms with E-state index in [1.807, 2.05) is 36.4 Å². The maximum absolute atomic E-state index is 11.8. The first-order valence-electron chi connectivity index (χ1n) is 6.60. The number of rotatable bonds is 1. The molecule has 1 heterocycles. The SMILES string of the molecule is O=C1CCSC(c2ccccc2Cl)c2cc(Cl)ccc2N1. The zero-order chi connectivity index (χ0) is 14.8. The lowest BCUT2D eigenvalue weighted by Gasteiger charge is -2.24. The highest BCUT2D eigenvalue weighted by Crippen LogP contribution is 2.44. The molecule has 2 aromatic carbocycles. The van der Waals surface area contributed by atoms with E-state index in [0.717, 1.165) is 27.6 Å². The van der Waals surface area contributed by atoms with Crippen LogP contribution in [0.4, 0.5) is 5.69 Å². The van der Waals surface area contributed by atoms with Gasteiger partial charge in [0.25, 0.3) is 0 Å². The largest absolute Gasteiger partial charge is 0.326 e. The van der Waals surface area contributed by atoms with Gasteiger partial charge in [0.15, 0.2) is 0 Å². The molecule has 1 atom stereocenters. The van der Waals surface area contributed by atoms with Crippen LogP contribution in [0.5, 0.6) is 0 Å². The molecule has 0 aromatic heterocycles. The van der Waals surface area contributed by atoms with Crippen LogP contribution in [0.3, 0.4) is 0 Å². The number of hydrogen-bond donors (Lipinski definition) is 1. The van der Waals surface area contributed by atoms with Crippen molar-refractivity contribution in [1.29, 1.82) is 0 Å².